The van der Waals surface area contributed by atoms with Gasteiger partial charge in [-0.15, -0.1) is 0 Å². The van der Waals surface area contributed by atoms with E-state index in [-0.39, 0.29) is 5.28 Å². The summed E-state index contributed by atoms with van der Waals surface area (Å²) in [4.78, 5) is 13.7. The van der Waals surface area contributed by atoms with Gasteiger partial charge < -0.3 is 5.32 Å². The lowest BCUT2D eigenvalue weighted by Crippen LogP contribution is -2.06. The van der Waals surface area contributed by atoms with Gasteiger partial charge in [-0.25, -0.2) is 0 Å². The highest BCUT2D eigenvalue weighted by Gasteiger charge is 2.07. The lowest BCUT2D eigenvalue weighted by atomic mass is 10.0. The van der Waals surface area contributed by atoms with Crippen LogP contribution in [-0.4, -0.2) is 21.5 Å². The molecule has 0 unspecified atom stereocenters. The van der Waals surface area contributed by atoms with Gasteiger partial charge in [-0.05, 0) is 53.4 Å². The monoisotopic (exact) mass is 322 g/mol. The van der Waals surface area contributed by atoms with Crippen molar-refractivity contribution in [1.82, 2.24) is 15.0 Å². The molecule has 0 saturated carbocycles. The molecule has 6 heteroatoms. The molecule has 0 saturated heterocycles. The Morgan fingerprint density at radius 1 is 1.14 bits per heavy atom. The second kappa shape index (κ2) is 7.61. The minimum atomic E-state index is 0.213. The normalized spacial score (nSPS) is 10.9. The van der Waals surface area contributed by atoms with Crippen LogP contribution in [0.3, 0.4) is 0 Å². The number of benzene rings is 1. The van der Waals surface area contributed by atoms with Crippen LogP contribution in [0, 0.1) is 0 Å². The van der Waals surface area contributed by atoms with Crippen LogP contribution in [0.5, 0.6) is 0 Å². The predicted octanol–water partition coefficient (Wildman–Crippen LogP) is 4.62. The number of hydrogen-bond donors (Lipinski definition) is 1. The van der Waals surface area contributed by atoms with E-state index >= 15 is 0 Å². The quantitative estimate of drug-likeness (QED) is 0.840. The molecule has 0 aliphatic heterocycles. The summed E-state index contributed by atoms with van der Waals surface area (Å²) in [5, 5.41) is 3.94. The predicted molar refractivity (Wildman–Crippen MR) is 88.3 cm³/mol. The zero-order valence-electron chi connectivity index (χ0n) is 12.4. The van der Waals surface area contributed by atoms with Crippen molar-refractivity contribution in [3.63, 3.8) is 0 Å². The standard InChI is InChI=1S/C15H19ClN4S/c1-4-9-17-14-18-13(16)19-15(20-14)21-12-7-5-11(6-8-12)10(2)3/h5-8,10H,4,9H2,1-3H3,(H,17,18,19,20). The number of hydrogen-bond acceptors (Lipinski definition) is 5. The van der Waals surface area contributed by atoms with E-state index in [0.29, 0.717) is 17.0 Å². The smallest absolute Gasteiger partial charge is 0.228 e. The number of nitrogens with zero attached hydrogens (tertiary/aromatic N) is 3. The summed E-state index contributed by atoms with van der Waals surface area (Å²) >= 11 is 7.43. The summed E-state index contributed by atoms with van der Waals surface area (Å²) in [6.07, 6.45) is 1.00. The first-order valence-corrected chi connectivity index (χ1v) is 8.21. The van der Waals surface area contributed by atoms with Crippen LogP contribution >= 0.6 is 23.4 Å². The Bertz CT molecular complexity index is 587. The summed E-state index contributed by atoms with van der Waals surface area (Å²) in [5.41, 5.74) is 1.32. The van der Waals surface area contributed by atoms with Crippen LogP contribution in [0.1, 0.15) is 38.7 Å². The summed E-state index contributed by atoms with van der Waals surface area (Å²) in [7, 11) is 0. The molecule has 2 aromatic rings. The molecular weight excluding hydrogens is 304 g/mol. The van der Waals surface area contributed by atoms with Crippen molar-refractivity contribution in [2.45, 2.75) is 43.2 Å². The van der Waals surface area contributed by atoms with Crippen molar-refractivity contribution in [2.24, 2.45) is 0 Å². The van der Waals surface area contributed by atoms with Gasteiger partial charge in [0.1, 0.15) is 0 Å². The number of aromatic nitrogens is 3. The average molecular weight is 323 g/mol. The molecule has 1 aromatic heterocycles. The van der Waals surface area contributed by atoms with Crippen LogP contribution in [0.25, 0.3) is 0 Å². The van der Waals surface area contributed by atoms with Crippen LogP contribution in [0.2, 0.25) is 5.28 Å². The average Bonchev–Trinajstić information content (AvgIpc) is 2.45. The first-order valence-electron chi connectivity index (χ1n) is 7.01. The minimum Gasteiger partial charge on any atom is -0.354 e. The summed E-state index contributed by atoms with van der Waals surface area (Å²) < 4.78 is 0. The third-order valence-corrected chi connectivity index (χ3v) is 3.92. The Hall–Kier alpha value is -1.33. The van der Waals surface area contributed by atoms with Gasteiger partial charge in [0.15, 0.2) is 5.16 Å². The third kappa shape index (κ3) is 4.86. The molecule has 4 nitrogen and oxygen atoms in total. The number of anilines is 1. The van der Waals surface area contributed by atoms with Crippen molar-refractivity contribution >= 4 is 29.3 Å². The molecule has 112 valence electrons. The van der Waals surface area contributed by atoms with Crippen LogP contribution in [-0.2, 0) is 0 Å². The molecule has 0 atom stereocenters. The van der Waals surface area contributed by atoms with E-state index in [2.05, 4.69) is 65.3 Å². The van der Waals surface area contributed by atoms with Crippen molar-refractivity contribution in [3.8, 4) is 0 Å². The maximum absolute atomic E-state index is 5.95. The van der Waals surface area contributed by atoms with E-state index < -0.39 is 0 Å². The van der Waals surface area contributed by atoms with Gasteiger partial charge in [0.05, 0.1) is 0 Å². The summed E-state index contributed by atoms with van der Waals surface area (Å²) in [6.45, 7) is 7.26. The maximum atomic E-state index is 5.95. The minimum absolute atomic E-state index is 0.213. The fourth-order valence-electron chi connectivity index (χ4n) is 1.72. The molecule has 0 aliphatic carbocycles. The third-order valence-electron chi connectivity index (χ3n) is 2.88. The lowest BCUT2D eigenvalue weighted by Gasteiger charge is -2.07. The van der Waals surface area contributed by atoms with Gasteiger partial charge in [0.2, 0.25) is 11.2 Å². The molecule has 0 amide bonds. The first kappa shape index (κ1) is 16.0. The van der Waals surface area contributed by atoms with E-state index in [1.165, 1.54) is 17.3 Å². The number of halogens is 1. The molecule has 0 aliphatic rings. The van der Waals surface area contributed by atoms with Gasteiger partial charge in [-0.1, -0.05) is 32.9 Å². The van der Waals surface area contributed by atoms with Gasteiger partial charge >= 0.3 is 0 Å². The summed E-state index contributed by atoms with van der Waals surface area (Å²) in [5.74, 6) is 1.05. The molecule has 0 bridgehead atoms. The molecular formula is C15H19ClN4S. The van der Waals surface area contributed by atoms with Gasteiger partial charge in [0, 0.05) is 11.4 Å². The molecule has 1 N–H and O–H groups in total. The van der Waals surface area contributed by atoms with Gasteiger partial charge in [-0.3, -0.25) is 0 Å². The SMILES string of the molecule is CCCNc1nc(Cl)nc(Sc2ccc(C(C)C)cc2)n1. The zero-order chi connectivity index (χ0) is 15.2. The topological polar surface area (TPSA) is 50.7 Å². The van der Waals surface area contributed by atoms with Crippen LogP contribution in [0.15, 0.2) is 34.3 Å². The van der Waals surface area contributed by atoms with Crippen LogP contribution < -0.4 is 5.32 Å². The molecule has 0 spiro atoms. The van der Waals surface area contributed by atoms with E-state index in [1.54, 1.807) is 0 Å². The van der Waals surface area contributed by atoms with Crippen molar-refractivity contribution in [1.29, 1.82) is 0 Å². The van der Waals surface area contributed by atoms with E-state index in [4.69, 9.17) is 11.6 Å². The Kier molecular flexibility index (Phi) is 5.82. The molecule has 0 radical (unpaired) electrons. The largest absolute Gasteiger partial charge is 0.354 e. The van der Waals surface area contributed by atoms with E-state index in [1.807, 2.05) is 0 Å². The Morgan fingerprint density at radius 3 is 2.48 bits per heavy atom. The second-order valence-corrected chi connectivity index (χ2v) is 6.34. The fraction of sp³-hybridized carbons (Fsp3) is 0.400. The Labute approximate surface area is 134 Å². The van der Waals surface area contributed by atoms with E-state index in [0.717, 1.165) is 17.9 Å². The van der Waals surface area contributed by atoms with Gasteiger partial charge in [0.25, 0.3) is 0 Å². The van der Waals surface area contributed by atoms with Gasteiger partial charge in [-0.2, -0.15) is 15.0 Å². The molecule has 0 fully saturated rings. The Morgan fingerprint density at radius 2 is 1.86 bits per heavy atom. The Balaban J connectivity index is 2.12. The lowest BCUT2D eigenvalue weighted by molar-refractivity contribution is 0.864. The van der Waals surface area contributed by atoms with Crippen molar-refractivity contribution in [3.05, 3.63) is 35.1 Å². The highest BCUT2D eigenvalue weighted by atomic mass is 35.5. The second-order valence-electron chi connectivity index (χ2n) is 4.96. The number of rotatable bonds is 6. The first-order chi connectivity index (χ1) is 10.1. The highest BCUT2D eigenvalue weighted by molar-refractivity contribution is 7.99. The molecule has 21 heavy (non-hydrogen) atoms. The molecule has 2 rings (SSSR count). The van der Waals surface area contributed by atoms with E-state index in [9.17, 15) is 0 Å². The number of nitrogens with one attached hydrogen (secondary N) is 1. The maximum Gasteiger partial charge on any atom is 0.228 e. The zero-order valence-corrected chi connectivity index (χ0v) is 14.0. The summed E-state index contributed by atoms with van der Waals surface area (Å²) in [6, 6.07) is 8.42. The molecule has 1 heterocycles. The highest BCUT2D eigenvalue weighted by Crippen LogP contribution is 2.27. The fourth-order valence-corrected chi connectivity index (χ4v) is 2.68. The van der Waals surface area contributed by atoms with Crippen molar-refractivity contribution < 1.29 is 0 Å². The van der Waals surface area contributed by atoms with Crippen LogP contribution in [0.4, 0.5) is 5.95 Å². The van der Waals surface area contributed by atoms with Crippen molar-refractivity contribution in [2.75, 3.05) is 11.9 Å². The molecule has 1 aromatic carbocycles.